The molecule has 0 spiro atoms. The molecule has 19 heavy (non-hydrogen) atoms. The Morgan fingerprint density at radius 2 is 1.89 bits per heavy atom. The number of thioether (sulfide) groups is 1. The Morgan fingerprint density at radius 3 is 2.47 bits per heavy atom. The van der Waals surface area contributed by atoms with Crippen molar-refractivity contribution >= 4 is 11.8 Å². The number of alkyl halides is 3. The molecule has 5 heteroatoms. The monoisotopic (exact) mass is 290 g/mol. The lowest BCUT2D eigenvalue weighted by atomic mass is 9.97. The fraction of sp³-hybridized carbons (Fsp3) is 0.571. The normalized spacial score (nSPS) is 24.4. The van der Waals surface area contributed by atoms with Crippen LogP contribution in [0.1, 0.15) is 44.3 Å². The van der Waals surface area contributed by atoms with Crippen molar-refractivity contribution in [2.45, 2.75) is 55.2 Å². The highest BCUT2D eigenvalue weighted by molar-refractivity contribution is 8.00. The Labute approximate surface area is 115 Å². The maximum atomic E-state index is 12.2. The number of ether oxygens (including phenoxy) is 1. The highest BCUT2D eigenvalue weighted by Gasteiger charge is 2.29. The van der Waals surface area contributed by atoms with Gasteiger partial charge in [-0.05, 0) is 55.1 Å². The van der Waals surface area contributed by atoms with Crippen molar-refractivity contribution in [1.29, 1.82) is 0 Å². The number of hydrogen-bond donors (Lipinski definition) is 0. The van der Waals surface area contributed by atoms with Crippen molar-refractivity contribution in [3.8, 4) is 0 Å². The molecule has 2 rings (SSSR count). The van der Waals surface area contributed by atoms with E-state index in [0.717, 1.165) is 31.2 Å². The van der Waals surface area contributed by atoms with Gasteiger partial charge in [-0.2, -0.15) is 13.2 Å². The van der Waals surface area contributed by atoms with Crippen molar-refractivity contribution in [1.82, 2.24) is 0 Å². The summed E-state index contributed by atoms with van der Waals surface area (Å²) in [6, 6.07) is 6.53. The molecule has 2 atom stereocenters. The van der Waals surface area contributed by atoms with Crippen LogP contribution in [0.3, 0.4) is 0 Å². The molecule has 1 fully saturated rings. The van der Waals surface area contributed by atoms with Crippen LogP contribution < -0.4 is 0 Å². The average Bonchev–Trinajstić information content (AvgIpc) is 2.38. The summed E-state index contributed by atoms with van der Waals surface area (Å²) in [5.74, 6) is 0. The van der Waals surface area contributed by atoms with Gasteiger partial charge in [0.25, 0.3) is 0 Å². The first-order chi connectivity index (χ1) is 8.98. The quantitative estimate of drug-likeness (QED) is 0.697. The molecule has 0 radical (unpaired) electrons. The third-order valence-corrected chi connectivity index (χ3v) is 4.03. The maximum absolute atomic E-state index is 12.2. The largest absolute Gasteiger partial charge is 0.446 e. The minimum absolute atomic E-state index is 0.0311. The molecule has 1 aliphatic rings. The molecular formula is C14H17F3OS. The van der Waals surface area contributed by atoms with Gasteiger partial charge in [0.15, 0.2) is 0 Å². The first-order valence-electron chi connectivity index (χ1n) is 6.49. The van der Waals surface area contributed by atoms with Crippen LogP contribution in [-0.2, 0) is 4.74 Å². The van der Waals surface area contributed by atoms with E-state index >= 15 is 0 Å². The van der Waals surface area contributed by atoms with E-state index in [4.69, 9.17) is 4.74 Å². The van der Waals surface area contributed by atoms with E-state index in [0.29, 0.717) is 0 Å². The average molecular weight is 290 g/mol. The molecule has 2 unspecified atom stereocenters. The molecule has 1 aromatic carbocycles. The Morgan fingerprint density at radius 1 is 1.21 bits per heavy atom. The predicted molar refractivity (Wildman–Crippen MR) is 70.1 cm³/mol. The van der Waals surface area contributed by atoms with Gasteiger partial charge in [0.2, 0.25) is 0 Å². The van der Waals surface area contributed by atoms with E-state index < -0.39 is 5.51 Å². The highest BCUT2D eigenvalue weighted by Crippen LogP contribution is 2.38. The number of benzene rings is 1. The molecule has 0 aromatic heterocycles. The molecule has 0 saturated carbocycles. The predicted octanol–water partition coefficient (Wildman–Crippen LogP) is 5.32. The van der Waals surface area contributed by atoms with Gasteiger partial charge in [-0.15, -0.1) is 0 Å². The van der Waals surface area contributed by atoms with Crippen LogP contribution in [0.25, 0.3) is 0 Å². The molecule has 0 N–H and O–H groups in total. The summed E-state index contributed by atoms with van der Waals surface area (Å²) in [6.45, 7) is 2.09. The van der Waals surface area contributed by atoms with E-state index in [1.165, 1.54) is 12.1 Å². The van der Waals surface area contributed by atoms with Crippen molar-refractivity contribution in [3.05, 3.63) is 29.8 Å². The van der Waals surface area contributed by atoms with Crippen molar-refractivity contribution in [2.75, 3.05) is 0 Å². The second kappa shape index (κ2) is 6.18. The van der Waals surface area contributed by atoms with Gasteiger partial charge in [-0.3, -0.25) is 0 Å². The smallest absolute Gasteiger partial charge is 0.370 e. The molecule has 0 amide bonds. The van der Waals surface area contributed by atoms with Crippen molar-refractivity contribution in [3.63, 3.8) is 0 Å². The fourth-order valence-corrected chi connectivity index (χ4v) is 2.87. The maximum Gasteiger partial charge on any atom is 0.446 e. The molecule has 1 nitrogen and oxygen atoms in total. The molecule has 0 aliphatic carbocycles. The first kappa shape index (κ1) is 14.7. The summed E-state index contributed by atoms with van der Waals surface area (Å²) in [4.78, 5) is 0.221. The van der Waals surface area contributed by atoms with Crippen molar-refractivity contribution < 1.29 is 17.9 Å². The highest BCUT2D eigenvalue weighted by atomic mass is 32.2. The van der Waals surface area contributed by atoms with Crippen LogP contribution in [0.5, 0.6) is 0 Å². The summed E-state index contributed by atoms with van der Waals surface area (Å²) in [6.07, 6.45) is 4.43. The van der Waals surface area contributed by atoms with Crippen molar-refractivity contribution in [2.24, 2.45) is 0 Å². The summed E-state index contributed by atoms with van der Waals surface area (Å²) >= 11 is -0.0797. The van der Waals surface area contributed by atoms with Crippen LogP contribution in [-0.4, -0.2) is 11.6 Å². The van der Waals surface area contributed by atoms with E-state index in [-0.39, 0.29) is 28.9 Å². The van der Waals surface area contributed by atoms with Gasteiger partial charge in [-0.1, -0.05) is 19.1 Å². The lowest BCUT2D eigenvalue weighted by molar-refractivity contribution is -0.0526. The summed E-state index contributed by atoms with van der Waals surface area (Å²) in [5.41, 5.74) is -3.25. The van der Waals surface area contributed by atoms with Gasteiger partial charge in [0, 0.05) is 4.90 Å². The minimum Gasteiger partial charge on any atom is -0.370 e. The summed E-state index contributed by atoms with van der Waals surface area (Å²) in [5, 5.41) is 0. The van der Waals surface area contributed by atoms with Gasteiger partial charge < -0.3 is 4.74 Å². The van der Waals surface area contributed by atoms with E-state index in [2.05, 4.69) is 6.92 Å². The Balaban J connectivity index is 2.01. The molecular weight excluding hydrogens is 273 g/mol. The van der Waals surface area contributed by atoms with E-state index in [1.807, 2.05) is 0 Å². The zero-order valence-corrected chi connectivity index (χ0v) is 11.6. The molecule has 1 heterocycles. The van der Waals surface area contributed by atoms with Crippen LogP contribution in [0.4, 0.5) is 13.2 Å². The second-order valence-electron chi connectivity index (χ2n) is 4.70. The molecule has 106 valence electrons. The number of hydrogen-bond acceptors (Lipinski definition) is 2. The fourth-order valence-electron chi connectivity index (χ4n) is 2.33. The molecule has 1 aromatic rings. The van der Waals surface area contributed by atoms with Crippen LogP contribution >= 0.6 is 11.8 Å². The lowest BCUT2D eigenvalue weighted by Gasteiger charge is -2.29. The Bertz CT molecular complexity index is 402. The standard InChI is InChI=1S/C14H17F3OS/c1-2-11-4-3-5-13(18-11)10-6-8-12(9-7-10)19-14(15,16)17/h6-9,11,13H,2-5H2,1H3. The van der Waals surface area contributed by atoms with Gasteiger partial charge in [-0.25, -0.2) is 0 Å². The Hall–Kier alpha value is -0.680. The third kappa shape index (κ3) is 4.42. The number of halogens is 3. The topological polar surface area (TPSA) is 9.23 Å². The Kier molecular flexibility index (Phi) is 4.79. The van der Waals surface area contributed by atoms with E-state index in [1.54, 1.807) is 12.1 Å². The second-order valence-corrected chi connectivity index (χ2v) is 5.84. The van der Waals surface area contributed by atoms with Crippen LogP contribution in [0, 0.1) is 0 Å². The van der Waals surface area contributed by atoms with Gasteiger partial charge >= 0.3 is 5.51 Å². The zero-order chi connectivity index (χ0) is 13.9. The van der Waals surface area contributed by atoms with Crippen LogP contribution in [0.15, 0.2) is 29.2 Å². The summed E-state index contributed by atoms with van der Waals surface area (Å²) < 4.78 is 42.6. The van der Waals surface area contributed by atoms with E-state index in [9.17, 15) is 13.2 Å². The minimum atomic E-state index is -4.23. The molecule has 1 saturated heterocycles. The third-order valence-electron chi connectivity index (χ3n) is 3.29. The summed E-state index contributed by atoms with van der Waals surface area (Å²) in [7, 11) is 0. The molecule has 0 bridgehead atoms. The first-order valence-corrected chi connectivity index (χ1v) is 7.30. The van der Waals surface area contributed by atoms with Crippen LogP contribution in [0.2, 0.25) is 0 Å². The lowest BCUT2D eigenvalue weighted by Crippen LogP contribution is -2.21. The van der Waals surface area contributed by atoms with Gasteiger partial charge in [0.1, 0.15) is 0 Å². The van der Waals surface area contributed by atoms with Gasteiger partial charge in [0.05, 0.1) is 12.2 Å². The SMILES string of the molecule is CCC1CCCC(c2ccc(SC(F)(F)F)cc2)O1. The number of rotatable bonds is 3. The zero-order valence-electron chi connectivity index (χ0n) is 10.7. The molecule has 1 aliphatic heterocycles.